The lowest BCUT2D eigenvalue weighted by Crippen LogP contribution is -2.17. The molecule has 6 N–H and O–H groups in total. The summed E-state index contributed by atoms with van der Waals surface area (Å²) in [6, 6.07) is 14.4. The maximum Gasteiger partial charge on any atom is 0.347 e. The van der Waals surface area contributed by atoms with Crippen molar-refractivity contribution in [2.45, 2.75) is 0 Å². The van der Waals surface area contributed by atoms with Crippen LogP contribution in [0.25, 0.3) is 22.3 Å². The molecule has 0 fully saturated rings. The lowest BCUT2D eigenvalue weighted by atomic mass is 10.1. The minimum absolute atomic E-state index is 0.243. The number of carbonyl (C=O) groups is 2. The molecule has 1 aromatic heterocycles. The number of benzene rings is 4. The molecule has 0 unspecified atom stereocenters. The van der Waals surface area contributed by atoms with Crippen LogP contribution in [0, 0.1) is 0 Å². The Morgan fingerprint density at radius 2 is 1.20 bits per heavy atom. The van der Waals surface area contributed by atoms with Gasteiger partial charge in [0.25, 0.3) is 0 Å². The van der Waals surface area contributed by atoms with Crippen molar-refractivity contribution in [3.63, 3.8) is 0 Å². The van der Waals surface area contributed by atoms with Gasteiger partial charge in [-0.1, -0.05) is 24.3 Å². The minimum Gasteiger partial charge on any atom is -0.508 e. The number of fused-ring (bicyclic) bond motifs is 1. The van der Waals surface area contributed by atoms with Crippen LogP contribution >= 0.6 is 0 Å². The lowest BCUT2D eigenvalue weighted by Gasteiger charge is -2.14. The summed E-state index contributed by atoms with van der Waals surface area (Å²) < 4.78 is 16.4. The first-order chi connectivity index (χ1) is 19.5. The molecular formula is C29H18O12. The van der Waals surface area contributed by atoms with E-state index in [1.165, 1.54) is 48.5 Å². The third-order valence-corrected chi connectivity index (χ3v) is 5.88. The number of ether oxygens (including phenoxy) is 2. The maximum absolute atomic E-state index is 13.8. The molecule has 206 valence electrons. The topological polar surface area (TPSA) is 204 Å². The monoisotopic (exact) mass is 558 g/mol. The van der Waals surface area contributed by atoms with E-state index in [2.05, 4.69) is 0 Å². The zero-order chi connectivity index (χ0) is 29.4. The normalized spacial score (nSPS) is 10.8. The molecule has 0 spiro atoms. The van der Waals surface area contributed by atoms with Gasteiger partial charge >= 0.3 is 11.9 Å². The van der Waals surface area contributed by atoms with Gasteiger partial charge in [0.2, 0.25) is 11.2 Å². The highest BCUT2D eigenvalue weighted by molar-refractivity contribution is 5.98. The maximum atomic E-state index is 13.8. The quantitative estimate of drug-likeness (QED) is 0.102. The Bertz CT molecular complexity index is 1900. The van der Waals surface area contributed by atoms with Gasteiger partial charge in [-0.15, -0.1) is 0 Å². The molecule has 0 aliphatic carbocycles. The second-order valence-electron chi connectivity index (χ2n) is 8.58. The number of hydrogen-bond acceptors (Lipinski definition) is 12. The first-order valence-corrected chi connectivity index (χ1v) is 11.6. The van der Waals surface area contributed by atoms with Crippen molar-refractivity contribution >= 4 is 22.9 Å². The molecule has 0 saturated carbocycles. The molecule has 0 aliphatic heterocycles. The largest absolute Gasteiger partial charge is 0.508 e. The van der Waals surface area contributed by atoms with E-state index in [0.717, 1.165) is 24.3 Å². The Morgan fingerprint density at radius 1 is 0.659 bits per heavy atom. The van der Waals surface area contributed by atoms with Crippen molar-refractivity contribution in [2.75, 3.05) is 0 Å². The van der Waals surface area contributed by atoms with Gasteiger partial charge in [0.15, 0.2) is 23.0 Å². The van der Waals surface area contributed by atoms with E-state index in [0.29, 0.717) is 0 Å². The van der Waals surface area contributed by atoms with Gasteiger partial charge in [-0.25, -0.2) is 9.59 Å². The van der Waals surface area contributed by atoms with Gasteiger partial charge in [0.1, 0.15) is 45.1 Å². The molecule has 5 aromatic rings. The summed E-state index contributed by atoms with van der Waals surface area (Å²) in [7, 11) is 0. The van der Waals surface area contributed by atoms with Crippen molar-refractivity contribution < 1.29 is 54.1 Å². The Morgan fingerprint density at radius 3 is 1.76 bits per heavy atom. The van der Waals surface area contributed by atoms with Gasteiger partial charge in [-0.2, -0.15) is 0 Å². The number of carbonyl (C=O) groups excluding carboxylic acids is 2. The van der Waals surface area contributed by atoms with Crippen LogP contribution in [0.4, 0.5) is 0 Å². The molecule has 0 saturated heterocycles. The summed E-state index contributed by atoms with van der Waals surface area (Å²) >= 11 is 0. The fourth-order valence-electron chi connectivity index (χ4n) is 3.95. The first-order valence-electron chi connectivity index (χ1n) is 11.6. The summed E-state index contributed by atoms with van der Waals surface area (Å²) in [6.45, 7) is 0. The van der Waals surface area contributed by atoms with Crippen LogP contribution in [0.5, 0.6) is 46.0 Å². The van der Waals surface area contributed by atoms with Crippen LogP contribution in [-0.2, 0) is 0 Å². The molecule has 0 bridgehead atoms. The summed E-state index contributed by atoms with van der Waals surface area (Å²) in [5.41, 5.74) is -2.30. The number of para-hydroxylation sites is 2. The van der Waals surface area contributed by atoms with Crippen molar-refractivity contribution in [2.24, 2.45) is 0 Å². The third-order valence-electron chi connectivity index (χ3n) is 5.88. The number of rotatable bonds is 5. The predicted octanol–water partition coefficient (Wildman–Crippen LogP) is 4.13. The number of aromatic hydroxyl groups is 6. The molecule has 4 aromatic carbocycles. The van der Waals surface area contributed by atoms with E-state index < -0.39 is 74.5 Å². The number of phenols is 6. The highest BCUT2D eigenvalue weighted by Gasteiger charge is 2.27. The molecule has 41 heavy (non-hydrogen) atoms. The van der Waals surface area contributed by atoms with E-state index >= 15 is 0 Å². The van der Waals surface area contributed by atoms with Gasteiger partial charge < -0.3 is 44.5 Å². The van der Waals surface area contributed by atoms with Gasteiger partial charge in [0.05, 0.1) is 0 Å². The Kier molecular flexibility index (Phi) is 6.57. The fraction of sp³-hybridized carbons (Fsp3) is 0. The Hall–Kier alpha value is -6.17. The molecule has 5 rings (SSSR count). The molecule has 0 amide bonds. The zero-order valence-corrected chi connectivity index (χ0v) is 20.6. The second kappa shape index (κ2) is 10.2. The van der Waals surface area contributed by atoms with Crippen LogP contribution in [0.15, 0.2) is 82.0 Å². The van der Waals surface area contributed by atoms with Crippen LogP contribution in [0.1, 0.15) is 20.7 Å². The number of hydrogen-bond donors (Lipinski definition) is 6. The molecule has 0 atom stereocenters. The number of phenolic OH excluding ortho intramolecular Hbond substituents is 6. The summed E-state index contributed by atoms with van der Waals surface area (Å²) in [5.74, 6) is -8.07. The molecule has 0 radical (unpaired) electrons. The fourth-order valence-corrected chi connectivity index (χ4v) is 3.95. The van der Waals surface area contributed by atoms with Crippen molar-refractivity contribution in [3.05, 3.63) is 94.1 Å². The molecule has 1 heterocycles. The first kappa shape index (κ1) is 26.4. The van der Waals surface area contributed by atoms with E-state index in [4.69, 9.17) is 13.9 Å². The SMILES string of the molecule is O=C(Oc1c(-c2cc(O)c(O)c(O)c2)oc2cc(O)cc(OC(=O)c3ccccc3O)c2c1=O)c1ccccc1O. The lowest BCUT2D eigenvalue weighted by molar-refractivity contribution is 0.0717. The van der Waals surface area contributed by atoms with Crippen LogP contribution in [-0.4, -0.2) is 42.6 Å². The predicted molar refractivity (Wildman–Crippen MR) is 141 cm³/mol. The molecule has 0 aliphatic rings. The van der Waals surface area contributed by atoms with Gasteiger partial charge in [0, 0.05) is 17.7 Å². The Labute approximate surface area is 228 Å². The molecule has 12 nitrogen and oxygen atoms in total. The van der Waals surface area contributed by atoms with Crippen molar-refractivity contribution in [3.8, 4) is 57.3 Å². The molecule has 12 heteroatoms. The van der Waals surface area contributed by atoms with E-state index in [1.807, 2.05) is 0 Å². The molecular weight excluding hydrogens is 540 g/mol. The van der Waals surface area contributed by atoms with Crippen LogP contribution in [0.2, 0.25) is 0 Å². The van der Waals surface area contributed by atoms with E-state index in [1.54, 1.807) is 0 Å². The van der Waals surface area contributed by atoms with Gasteiger partial charge in [-0.3, -0.25) is 4.79 Å². The van der Waals surface area contributed by atoms with E-state index in [-0.39, 0.29) is 22.3 Å². The average molecular weight is 558 g/mol. The standard InChI is InChI=1S/C29H18O12/c30-14-11-21-23(22(12-14)40-28(37)15-5-1-3-7-17(15)31)25(36)27(41-29(38)16-6-2-4-8-18(16)32)26(39-21)13-9-19(33)24(35)20(34)10-13/h1-12,30-35H. The van der Waals surface area contributed by atoms with Crippen molar-refractivity contribution in [1.29, 1.82) is 0 Å². The highest BCUT2D eigenvalue weighted by Crippen LogP contribution is 2.43. The summed E-state index contributed by atoms with van der Waals surface area (Å²) in [5, 5.41) is 59.8. The summed E-state index contributed by atoms with van der Waals surface area (Å²) in [4.78, 5) is 39.6. The highest BCUT2D eigenvalue weighted by atomic mass is 16.5. The number of esters is 2. The van der Waals surface area contributed by atoms with E-state index in [9.17, 15) is 45.0 Å². The second-order valence-corrected chi connectivity index (χ2v) is 8.58. The third kappa shape index (κ3) is 4.88. The smallest absolute Gasteiger partial charge is 0.347 e. The average Bonchev–Trinajstić information content (AvgIpc) is 2.92. The van der Waals surface area contributed by atoms with Crippen LogP contribution in [0.3, 0.4) is 0 Å². The minimum atomic E-state index is -1.20. The zero-order valence-electron chi connectivity index (χ0n) is 20.6. The Balaban J connectivity index is 1.74. The summed E-state index contributed by atoms with van der Waals surface area (Å²) in [6.07, 6.45) is 0. The van der Waals surface area contributed by atoms with Crippen molar-refractivity contribution in [1.82, 2.24) is 0 Å². The van der Waals surface area contributed by atoms with Gasteiger partial charge in [-0.05, 0) is 36.4 Å². The van der Waals surface area contributed by atoms with Crippen LogP contribution < -0.4 is 14.9 Å².